The fourth-order valence-corrected chi connectivity index (χ4v) is 1.37. The van der Waals surface area contributed by atoms with Gasteiger partial charge in [0.2, 0.25) is 0 Å². The van der Waals surface area contributed by atoms with E-state index in [-0.39, 0.29) is 0 Å². The third-order valence-electron chi connectivity index (χ3n) is 1.97. The highest BCUT2D eigenvalue weighted by Crippen LogP contribution is 2.15. The van der Waals surface area contributed by atoms with Gasteiger partial charge in [-0.05, 0) is 6.92 Å². The molecule has 0 aliphatic carbocycles. The summed E-state index contributed by atoms with van der Waals surface area (Å²) in [6.45, 7) is 2.90. The van der Waals surface area contributed by atoms with E-state index < -0.39 is 0 Å². The maximum Gasteiger partial charge on any atom is 0.180 e. The van der Waals surface area contributed by atoms with Gasteiger partial charge in [0.1, 0.15) is 5.82 Å². The van der Waals surface area contributed by atoms with Crippen LogP contribution in [0.25, 0.3) is 5.65 Å². The molecule has 0 spiro atoms. The number of rotatable bonds is 3. The van der Waals surface area contributed by atoms with Crippen LogP contribution in [0.15, 0.2) is 18.6 Å². The Hall–Kier alpha value is -1.78. The number of hydrogen-bond acceptors (Lipinski definition) is 4. The highest BCUT2D eigenvalue weighted by atomic mass is 15.1. The van der Waals surface area contributed by atoms with E-state index in [0.717, 1.165) is 23.8 Å². The monoisotopic (exact) mass is 191 g/mol. The van der Waals surface area contributed by atoms with E-state index >= 15 is 0 Å². The van der Waals surface area contributed by atoms with Crippen LogP contribution in [0.5, 0.6) is 0 Å². The summed E-state index contributed by atoms with van der Waals surface area (Å²) in [7, 11) is 1.84. The Morgan fingerprint density at radius 3 is 3.07 bits per heavy atom. The van der Waals surface area contributed by atoms with Crippen LogP contribution in [0, 0.1) is 0 Å². The molecule has 0 atom stereocenters. The molecule has 14 heavy (non-hydrogen) atoms. The zero-order valence-electron chi connectivity index (χ0n) is 8.28. The second-order valence-electron chi connectivity index (χ2n) is 2.91. The summed E-state index contributed by atoms with van der Waals surface area (Å²) in [5.41, 5.74) is 0.842. The lowest BCUT2D eigenvalue weighted by Gasteiger charge is -2.06. The largest absolute Gasteiger partial charge is 0.370 e. The Morgan fingerprint density at radius 1 is 1.50 bits per heavy atom. The van der Waals surface area contributed by atoms with Crippen molar-refractivity contribution in [2.75, 3.05) is 24.2 Å². The van der Waals surface area contributed by atoms with Gasteiger partial charge in [0.15, 0.2) is 11.5 Å². The molecule has 2 rings (SSSR count). The van der Waals surface area contributed by atoms with Crippen molar-refractivity contribution in [3.8, 4) is 0 Å². The van der Waals surface area contributed by atoms with Gasteiger partial charge < -0.3 is 15.0 Å². The topological polar surface area (TPSA) is 54.2 Å². The van der Waals surface area contributed by atoms with E-state index in [1.54, 1.807) is 6.20 Å². The number of nitrogens with one attached hydrogen (secondary N) is 2. The Balaban J connectivity index is 2.55. The highest BCUT2D eigenvalue weighted by molar-refractivity contribution is 5.64. The predicted octanol–water partition coefficient (Wildman–Crippen LogP) is 1.20. The molecule has 0 fully saturated rings. The fraction of sp³-hybridized carbons (Fsp3) is 0.333. The van der Waals surface area contributed by atoms with Crippen LogP contribution in [0.3, 0.4) is 0 Å². The van der Waals surface area contributed by atoms with Crippen molar-refractivity contribution < 1.29 is 0 Å². The zero-order chi connectivity index (χ0) is 9.97. The van der Waals surface area contributed by atoms with Crippen LogP contribution >= 0.6 is 0 Å². The van der Waals surface area contributed by atoms with Gasteiger partial charge in [0, 0.05) is 26.0 Å². The van der Waals surface area contributed by atoms with Crippen molar-refractivity contribution in [1.29, 1.82) is 0 Å². The minimum Gasteiger partial charge on any atom is -0.370 e. The van der Waals surface area contributed by atoms with E-state index in [4.69, 9.17) is 0 Å². The number of anilines is 2. The minimum atomic E-state index is 0.786. The van der Waals surface area contributed by atoms with Crippen LogP contribution in [0.2, 0.25) is 0 Å². The summed E-state index contributed by atoms with van der Waals surface area (Å²) in [5, 5.41) is 6.18. The molecular weight excluding hydrogens is 178 g/mol. The molecule has 0 radical (unpaired) electrons. The minimum absolute atomic E-state index is 0.786. The van der Waals surface area contributed by atoms with E-state index in [1.165, 1.54) is 0 Å². The summed E-state index contributed by atoms with van der Waals surface area (Å²) in [4.78, 5) is 8.58. The average Bonchev–Trinajstić information content (AvgIpc) is 2.65. The Kier molecular flexibility index (Phi) is 2.22. The molecule has 2 aromatic heterocycles. The quantitative estimate of drug-likeness (QED) is 0.765. The molecule has 5 heteroatoms. The smallest absolute Gasteiger partial charge is 0.180 e. The first kappa shape index (κ1) is 8.80. The predicted molar refractivity (Wildman–Crippen MR) is 56.7 cm³/mol. The normalized spacial score (nSPS) is 10.4. The molecule has 2 aromatic rings. The van der Waals surface area contributed by atoms with Gasteiger partial charge in [0.05, 0.1) is 6.20 Å². The van der Waals surface area contributed by atoms with E-state index in [2.05, 4.69) is 20.6 Å². The average molecular weight is 191 g/mol. The SMILES string of the molecule is CCNc1cn2ccnc2c(NC)n1. The lowest BCUT2D eigenvalue weighted by atomic mass is 10.5. The van der Waals surface area contributed by atoms with Crippen LogP contribution in [0.4, 0.5) is 11.6 Å². The first-order valence-corrected chi connectivity index (χ1v) is 4.60. The lowest BCUT2D eigenvalue weighted by Crippen LogP contribution is -2.04. The van der Waals surface area contributed by atoms with Gasteiger partial charge in [0.25, 0.3) is 0 Å². The summed E-state index contributed by atoms with van der Waals surface area (Å²) < 4.78 is 1.94. The highest BCUT2D eigenvalue weighted by Gasteiger charge is 2.04. The number of hydrogen-bond donors (Lipinski definition) is 2. The van der Waals surface area contributed by atoms with Crippen LogP contribution in [-0.4, -0.2) is 28.0 Å². The van der Waals surface area contributed by atoms with Crippen molar-refractivity contribution in [1.82, 2.24) is 14.4 Å². The van der Waals surface area contributed by atoms with Crippen molar-refractivity contribution in [2.24, 2.45) is 0 Å². The van der Waals surface area contributed by atoms with Crippen molar-refractivity contribution in [2.45, 2.75) is 6.92 Å². The second kappa shape index (κ2) is 3.53. The molecule has 0 aliphatic rings. The lowest BCUT2D eigenvalue weighted by molar-refractivity contribution is 1.09. The standard InChI is InChI=1S/C9H13N5/c1-3-11-7-6-14-5-4-12-9(14)8(10-2)13-7/h4-6,11H,3H2,1-2H3,(H,10,13). The zero-order valence-corrected chi connectivity index (χ0v) is 8.28. The molecule has 2 N–H and O–H groups in total. The molecule has 2 heterocycles. The summed E-state index contributed by atoms with van der Waals surface area (Å²) >= 11 is 0. The van der Waals surface area contributed by atoms with Gasteiger partial charge in [-0.1, -0.05) is 0 Å². The second-order valence-corrected chi connectivity index (χ2v) is 2.91. The van der Waals surface area contributed by atoms with Gasteiger partial charge in [-0.15, -0.1) is 0 Å². The van der Waals surface area contributed by atoms with Crippen LogP contribution in [-0.2, 0) is 0 Å². The summed E-state index contributed by atoms with van der Waals surface area (Å²) in [6.07, 6.45) is 5.58. The van der Waals surface area contributed by atoms with Gasteiger partial charge in [-0.25, -0.2) is 9.97 Å². The summed E-state index contributed by atoms with van der Waals surface area (Å²) in [6, 6.07) is 0. The first-order chi connectivity index (χ1) is 6.85. The molecule has 74 valence electrons. The van der Waals surface area contributed by atoms with Gasteiger partial charge in [-0.3, -0.25) is 0 Å². The Morgan fingerprint density at radius 2 is 2.36 bits per heavy atom. The number of aromatic nitrogens is 3. The van der Waals surface area contributed by atoms with E-state index in [1.807, 2.05) is 30.8 Å². The molecule has 0 bridgehead atoms. The van der Waals surface area contributed by atoms with E-state index in [0.29, 0.717) is 0 Å². The molecule has 0 aromatic carbocycles. The third kappa shape index (κ3) is 1.37. The van der Waals surface area contributed by atoms with Crippen molar-refractivity contribution in [3.63, 3.8) is 0 Å². The summed E-state index contributed by atoms with van der Waals surface area (Å²) in [5.74, 6) is 1.64. The molecule has 0 saturated heterocycles. The Labute approximate surface area is 82.2 Å². The fourth-order valence-electron chi connectivity index (χ4n) is 1.37. The molecular formula is C9H13N5. The molecule has 0 amide bonds. The third-order valence-corrected chi connectivity index (χ3v) is 1.97. The van der Waals surface area contributed by atoms with E-state index in [9.17, 15) is 0 Å². The maximum atomic E-state index is 4.38. The first-order valence-electron chi connectivity index (χ1n) is 4.60. The molecule has 5 nitrogen and oxygen atoms in total. The van der Waals surface area contributed by atoms with Crippen molar-refractivity contribution in [3.05, 3.63) is 18.6 Å². The van der Waals surface area contributed by atoms with Crippen molar-refractivity contribution >= 4 is 17.3 Å². The Bertz CT molecular complexity index is 434. The maximum absolute atomic E-state index is 4.38. The number of fused-ring (bicyclic) bond motifs is 1. The van der Waals surface area contributed by atoms with Gasteiger partial charge >= 0.3 is 0 Å². The molecule has 0 aliphatic heterocycles. The number of imidazole rings is 1. The number of nitrogens with zero attached hydrogens (tertiary/aromatic N) is 3. The van der Waals surface area contributed by atoms with Crippen LogP contribution in [0.1, 0.15) is 6.92 Å². The van der Waals surface area contributed by atoms with Crippen LogP contribution < -0.4 is 10.6 Å². The molecule has 0 unspecified atom stereocenters. The van der Waals surface area contributed by atoms with Gasteiger partial charge in [-0.2, -0.15) is 0 Å². The molecule has 0 saturated carbocycles.